The van der Waals surface area contributed by atoms with E-state index in [0.29, 0.717) is 38.2 Å². The first kappa shape index (κ1) is 20.9. The van der Waals surface area contributed by atoms with Gasteiger partial charge in [-0.15, -0.1) is 0 Å². The number of carboxylic acids is 1. The Morgan fingerprint density at radius 2 is 1.76 bits per heavy atom. The molecule has 0 saturated carbocycles. The number of oxime groups is 1. The number of benzene rings is 2. The maximum atomic E-state index is 13.3. The van der Waals surface area contributed by atoms with Crippen molar-refractivity contribution in [2.75, 3.05) is 26.2 Å². The summed E-state index contributed by atoms with van der Waals surface area (Å²) in [5.41, 5.74) is 2.19. The molecule has 1 atom stereocenters. The second-order valence-corrected chi connectivity index (χ2v) is 7.16. The first-order chi connectivity index (χ1) is 14.0. The van der Waals surface area contributed by atoms with Crippen molar-refractivity contribution in [3.8, 4) is 0 Å². The standard InChI is InChI=1S/C22H24F2N2O3/c23-19-7-3-16(4-8-19)14-21(17-5-9-20(24)10-6-17)25-29-13-12-26-11-1-2-18(15-26)22(27)28/h3-10,18H,1-2,11-15H2,(H,27,28)/t18-/m1/s1. The summed E-state index contributed by atoms with van der Waals surface area (Å²) in [7, 11) is 0. The predicted octanol–water partition coefficient (Wildman–Crippen LogP) is 3.72. The number of likely N-dealkylation sites (tertiary alicyclic amines) is 1. The third kappa shape index (κ3) is 6.35. The van der Waals surface area contributed by atoms with E-state index in [1.165, 1.54) is 24.3 Å². The van der Waals surface area contributed by atoms with E-state index in [1.54, 1.807) is 24.3 Å². The zero-order chi connectivity index (χ0) is 20.6. The topological polar surface area (TPSA) is 62.1 Å². The van der Waals surface area contributed by atoms with Crippen LogP contribution in [0.5, 0.6) is 0 Å². The lowest BCUT2D eigenvalue weighted by atomic mass is 9.98. The van der Waals surface area contributed by atoms with Crippen molar-refractivity contribution in [3.05, 3.63) is 71.3 Å². The van der Waals surface area contributed by atoms with Gasteiger partial charge in [0.25, 0.3) is 0 Å². The molecule has 1 saturated heterocycles. The Balaban J connectivity index is 1.62. The number of aliphatic carboxylic acids is 1. The lowest BCUT2D eigenvalue weighted by Gasteiger charge is -2.29. The van der Waals surface area contributed by atoms with Gasteiger partial charge in [0.2, 0.25) is 0 Å². The van der Waals surface area contributed by atoms with Gasteiger partial charge in [-0.1, -0.05) is 29.4 Å². The van der Waals surface area contributed by atoms with Gasteiger partial charge in [0.15, 0.2) is 0 Å². The molecule has 3 rings (SSSR count). The lowest BCUT2D eigenvalue weighted by molar-refractivity contribution is -0.143. The summed E-state index contributed by atoms with van der Waals surface area (Å²) in [4.78, 5) is 18.7. The van der Waals surface area contributed by atoms with Crippen LogP contribution >= 0.6 is 0 Å². The SMILES string of the molecule is O=C(O)[C@@H]1CCCN(CCON=C(Cc2ccc(F)cc2)c2ccc(F)cc2)C1. The van der Waals surface area contributed by atoms with Crippen LogP contribution in [0.15, 0.2) is 53.7 Å². The van der Waals surface area contributed by atoms with Crippen molar-refractivity contribution < 1.29 is 23.5 Å². The Hall–Kier alpha value is -2.80. The number of hydrogen-bond donors (Lipinski definition) is 1. The van der Waals surface area contributed by atoms with Gasteiger partial charge in [0.1, 0.15) is 18.2 Å². The van der Waals surface area contributed by atoms with E-state index in [9.17, 15) is 18.7 Å². The average Bonchev–Trinajstić information content (AvgIpc) is 2.72. The molecule has 0 aromatic heterocycles. The van der Waals surface area contributed by atoms with Crippen molar-refractivity contribution in [2.24, 2.45) is 11.1 Å². The van der Waals surface area contributed by atoms with Crippen LogP contribution in [-0.4, -0.2) is 47.9 Å². The molecule has 0 radical (unpaired) electrons. The Morgan fingerprint density at radius 3 is 2.41 bits per heavy atom. The number of carbonyl (C=O) groups is 1. The van der Waals surface area contributed by atoms with Gasteiger partial charge in [0.05, 0.1) is 11.6 Å². The molecular weight excluding hydrogens is 378 g/mol. The predicted molar refractivity (Wildman–Crippen MR) is 106 cm³/mol. The number of rotatable bonds is 8. The molecule has 1 aliphatic heterocycles. The monoisotopic (exact) mass is 402 g/mol. The second-order valence-electron chi connectivity index (χ2n) is 7.16. The highest BCUT2D eigenvalue weighted by Gasteiger charge is 2.24. The van der Waals surface area contributed by atoms with Crippen LogP contribution < -0.4 is 0 Å². The quantitative estimate of drug-likeness (QED) is 0.415. The third-order valence-electron chi connectivity index (χ3n) is 4.99. The molecule has 1 fully saturated rings. The number of nitrogens with zero attached hydrogens (tertiary/aromatic N) is 2. The molecule has 154 valence electrons. The van der Waals surface area contributed by atoms with Crippen LogP contribution in [-0.2, 0) is 16.1 Å². The fraction of sp³-hybridized carbons (Fsp3) is 0.364. The summed E-state index contributed by atoms with van der Waals surface area (Å²) < 4.78 is 26.4. The second kappa shape index (κ2) is 10.1. The van der Waals surface area contributed by atoms with Gasteiger partial charge in [0, 0.05) is 19.5 Å². The number of hydrogen-bond acceptors (Lipinski definition) is 4. The minimum absolute atomic E-state index is 0.313. The van der Waals surface area contributed by atoms with E-state index in [0.717, 1.165) is 24.1 Å². The third-order valence-corrected chi connectivity index (χ3v) is 4.99. The normalized spacial score (nSPS) is 17.9. The van der Waals surface area contributed by atoms with Gasteiger partial charge < -0.3 is 9.94 Å². The zero-order valence-electron chi connectivity index (χ0n) is 16.1. The molecule has 7 heteroatoms. The van der Waals surface area contributed by atoms with E-state index in [4.69, 9.17) is 4.84 Å². The molecule has 0 spiro atoms. The van der Waals surface area contributed by atoms with E-state index < -0.39 is 5.97 Å². The number of halogens is 2. The number of piperidine rings is 1. The van der Waals surface area contributed by atoms with Gasteiger partial charge in [-0.3, -0.25) is 9.69 Å². The summed E-state index contributed by atoms with van der Waals surface area (Å²) in [6, 6.07) is 12.1. The van der Waals surface area contributed by atoms with Crippen LogP contribution in [0.25, 0.3) is 0 Å². The molecule has 0 bridgehead atoms. The van der Waals surface area contributed by atoms with Gasteiger partial charge in [-0.25, -0.2) is 8.78 Å². The average molecular weight is 402 g/mol. The fourth-order valence-corrected chi connectivity index (χ4v) is 3.38. The molecule has 1 N–H and O–H groups in total. The summed E-state index contributed by atoms with van der Waals surface area (Å²) in [6.07, 6.45) is 1.97. The van der Waals surface area contributed by atoms with Crippen molar-refractivity contribution in [1.82, 2.24) is 4.90 Å². The Morgan fingerprint density at radius 1 is 1.10 bits per heavy atom. The Labute approximate surface area is 168 Å². The van der Waals surface area contributed by atoms with Crippen LogP contribution in [0.2, 0.25) is 0 Å². The summed E-state index contributed by atoms with van der Waals surface area (Å²) in [5, 5.41) is 13.4. The summed E-state index contributed by atoms with van der Waals surface area (Å²) in [6.45, 7) is 2.26. The highest BCUT2D eigenvalue weighted by molar-refractivity contribution is 6.01. The highest BCUT2D eigenvalue weighted by atomic mass is 19.1. The van der Waals surface area contributed by atoms with Crippen LogP contribution in [0.1, 0.15) is 24.0 Å². The largest absolute Gasteiger partial charge is 0.481 e. The molecule has 29 heavy (non-hydrogen) atoms. The summed E-state index contributed by atoms with van der Waals surface area (Å²) >= 11 is 0. The number of carboxylic acid groups (broad SMARTS) is 1. The van der Waals surface area contributed by atoms with Crippen molar-refractivity contribution in [2.45, 2.75) is 19.3 Å². The Kier molecular flexibility index (Phi) is 7.30. The minimum Gasteiger partial charge on any atom is -0.481 e. The zero-order valence-corrected chi connectivity index (χ0v) is 16.1. The fourth-order valence-electron chi connectivity index (χ4n) is 3.38. The van der Waals surface area contributed by atoms with Crippen LogP contribution in [0.3, 0.4) is 0 Å². The van der Waals surface area contributed by atoms with Crippen LogP contribution in [0.4, 0.5) is 8.78 Å². The Bertz CT molecular complexity index is 838. The minimum atomic E-state index is -0.758. The first-order valence-electron chi connectivity index (χ1n) is 9.65. The summed E-state index contributed by atoms with van der Waals surface area (Å²) in [5.74, 6) is -1.74. The smallest absolute Gasteiger partial charge is 0.307 e. The molecular formula is C22H24F2N2O3. The van der Waals surface area contributed by atoms with Gasteiger partial charge in [-0.2, -0.15) is 0 Å². The molecule has 1 aliphatic rings. The maximum absolute atomic E-state index is 13.3. The molecule has 5 nitrogen and oxygen atoms in total. The molecule has 0 amide bonds. The molecule has 1 heterocycles. The van der Waals surface area contributed by atoms with E-state index in [1.807, 2.05) is 0 Å². The van der Waals surface area contributed by atoms with Crippen molar-refractivity contribution >= 4 is 11.7 Å². The van der Waals surface area contributed by atoms with Gasteiger partial charge in [-0.05, 0) is 54.8 Å². The van der Waals surface area contributed by atoms with E-state index in [-0.39, 0.29) is 17.6 Å². The van der Waals surface area contributed by atoms with Crippen molar-refractivity contribution in [3.63, 3.8) is 0 Å². The molecule has 2 aromatic carbocycles. The highest BCUT2D eigenvalue weighted by Crippen LogP contribution is 2.16. The molecule has 0 unspecified atom stereocenters. The van der Waals surface area contributed by atoms with E-state index >= 15 is 0 Å². The molecule has 0 aliphatic carbocycles. The van der Waals surface area contributed by atoms with Crippen LogP contribution in [0, 0.1) is 17.6 Å². The van der Waals surface area contributed by atoms with Crippen molar-refractivity contribution in [1.29, 1.82) is 0 Å². The first-order valence-corrected chi connectivity index (χ1v) is 9.65. The maximum Gasteiger partial charge on any atom is 0.307 e. The molecule has 2 aromatic rings. The lowest BCUT2D eigenvalue weighted by Crippen LogP contribution is -2.40. The van der Waals surface area contributed by atoms with E-state index in [2.05, 4.69) is 10.1 Å². The van der Waals surface area contributed by atoms with Gasteiger partial charge >= 0.3 is 5.97 Å².